The van der Waals surface area contributed by atoms with Crippen LogP contribution in [0, 0.1) is 0 Å². The Labute approximate surface area is 124 Å². The van der Waals surface area contributed by atoms with E-state index in [0.29, 0.717) is 6.61 Å². The van der Waals surface area contributed by atoms with E-state index in [2.05, 4.69) is 23.3 Å². The van der Waals surface area contributed by atoms with Crippen molar-refractivity contribution >= 4 is 10.8 Å². The summed E-state index contributed by atoms with van der Waals surface area (Å²) in [5.74, 6) is 0.855. The standard InChI is InChI=1S/C17H19N3O/c1-12(18)15-8-7-13-5-3-4-6-16(13)17(15)21-11-14-9-10-20(2)19-14/h3-10,12H,11,18H2,1-2H3/t12-/m0/s1. The largest absolute Gasteiger partial charge is 0.486 e. The van der Waals surface area contributed by atoms with Gasteiger partial charge in [0.05, 0.1) is 5.69 Å². The molecule has 2 aromatic carbocycles. The smallest absolute Gasteiger partial charge is 0.132 e. The van der Waals surface area contributed by atoms with Crippen LogP contribution in [0.5, 0.6) is 5.75 Å². The number of aryl methyl sites for hydroxylation is 1. The Kier molecular flexibility index (Phi) is 3.62. The Morgan fingerprint density at radius 3 is 2.71 bits per heavy atom. The highest BCUT2D eigenvalue weighted by Crippen LogP contribution is 2.33. The molecule has 4 heteroatoms. The van der Waals surface area contributed by atoms with E-state index in [1.807, 2.05) is 44.4 Å². The fraction of sp³-hybridized carbons (Fsp3) is 0.235. The molecule has 0 amide bonds. The van der Waals surface area contributed by atoms with Crippen LogP contribution in [0.1, 0.15) is 24.2 Å². The van der Waals surface area contributed by atoms with Crippen LogP contribution in [0.4, 0.5) is 0 Å². The number of nitrogens with two attached hydrogens (primary N) is 1. The molecule has 108 valence electrons. The van der Waals surface area contributed by atoms with Gasteiger partial charge in [-0.3, -0.25) is 4.68 Å². The minimum Gasteiger partial charge on any atom is -0.486 e. The zero-order valence-corrected chi connectivity index (χ0v) is 12.3. The maximum Gasteiger partial charge on any atom is 0.132 e. The van der Waals surface area contributed by atoms with Crippen molar-refractivity contribution in [2.45, 2.75) is 19.6 Å². The summed E-state index contributed by atoms with van der Waals surface area (Å²) in [5.41, 5.74) is 8.00. The molecule has 0 aliphatic heterocycles. The van der Waals surface area contributed by atoms with Crippen LogP contribution >= 0.6 is 0 Å². The van der Waals surface area contributed by atoms with Crippen LogP contribution in [0.15, 0.2) is 48.7 Å². The molecule has 0 unspecified atom stereocenters. The van der Waals surface area contributed by atoms with Gasteiger partial charge in [0.1, 0.15) is 12.4 Å². The summed E-state index contributed by atoms with van der Waals surface area (Å²) in [6.45, 7) is 2.41. The Morgan fingerprint density at radius 2 is 2.00 bits per heavy atom. The van der Waals surface area contributed by atoms with Crippen LogP contribution < -0.4 is 10.5 Å². The molecule has 4 nitrogen and oxygen atoms in total. The third kappa shape index (κ3) is 2.76. The lowest BCUT2D eigenvalue weighted by Crippen LogP contribution is -2.08. The van der Waals surface area contributed by atoms with E-state index in [1.165, 1.54) is 0 Å². The second-order valence-corrected chi connectivity index (χ2v) is 5.26. The lowest BCUT2D eigenvalue weighted by Gasteiger charge is -2.16. The van der Waals surface area contributed by atoms with E-state index in [-0.39, 0.29) is 6.04 Å². The number of fused-ring (bicyclic) bond motifs is 1. The molecule has 3 rings (SSSR count). The summed E-state index contributed by atoms with van der Waals surface area (Å²) in [6.07, 6.45) is 1.91. The Balaban J connectivity index is 1.99. The molecule has 1 atom stereocenters. The molecule has 0 saturated heterocycles. The van der Waals surface area contributed by atoms with Gasteiger partial charge in [0.2, 0.25) is 0 Å². The first-order valence-corrected chi connectivity index (χ1v) is 7.03. The molecular weight excluding hydrogens is 262 g/mol. The number of aromatic nitrogens is 2. The first-order valence-electron chi connectivity index (χ1n) is 7.03. The summed E-state index contributed by atoms with van der Waals surface area (Å²) < 4.78 is 7.83. The summed E-state index contributed by atoms with van der Waals surface area (Å²) >= 11 is 0. The van der Waals surface area contributed by atoms with Crippen molar-refractivity contribution in [3.63, 3.8) is 0 Å². The summed E-state index contributed by atoms with van der Waals surface area (Å²) in [7, 11) is 1.90. The van der Waals surface area contributed by atoms with Gasteiger partial charge in [-0.25, -0.2) is 0 Å². The van der Waals surface area contributed by atoms with E-state index < -0.39 is 0 Å². The first-order chi connectivity index (χ1) is 10.1. The van der Waals surface area contributed by atoms with E-state index in [0.717, 1.165) is 27.8 Å². The number of ether oxygens (including phenoxy) is 1. The fourth-order valence-electron chi connectivity index (χ4n) is 2.47. The van der Waals surface area contributed by atoms with Crippen molar-refractivity contribution in [3.8, 4) is 5.75 Å². The van der Waals surface area contributed by atoms with Gasteiger partial charge < -0.3 is 10.5 Å². The van der Waals surface area contributed by atoms with E-state index >= 15 is 0 Å². The van der Waals surface area contributed by atoms with Crippen LogP contribution in [0.3, 0.4) is 0 Å². The molecule has 1 heterocycles. The van der Waals surface area contributed by atoms with Crippen molar-refractivity contribution in [1.82, 2.24) is 9.78 Å². The highest BCUT2D eigenvalue weighted by atomic mass is 16.5. The minimum absolute atomic E-state index is 0.0756. The minimum atomic E-state index is -0.0756. The molecule has 0 spiro atoms. The normalized spacial score (nSPS) is 12.5. The third-order valence-corrected chi connectivity index (χ3v) is 3.53. The third-order valence-electron chi connectivity index (χ3n) is 3.53. The Hall–Kier alpha value is -2.33. The Morgan fingerprint density at radius 1 is 1.19 bits per heavy atom. The van der Waals surface area contributed by atoms with E-state index in [9.17, 15) is 0 Å². The van der Waals surface area contributed by atoms with Crippen molar-refractivity contribution in [3.05, 3.63) is 59.9 Å². The monoisotopic (exact) mass is 281 g/mol. The molecule has 0 bridgehead atoms. The Bertz CT molecular complexity index is 762. The molecule has 1 aromatic heterocycles. The average Bonchev–Trinajstić information content (AvgIpc) is 2.90. The van der Waals surface area contributed by atoms with Crippen LogP contribution in [0.25, 0.3) is 10.8 Å². The van der Waals surface area contributed by atoms with Gasteiger partial charge in [-0.05, 0) is 18.4 Å². The van der Waals surface area contributed by atoms with Gasteiger partial charge in [-0.15, -0.1) is 0 Å². The second-order valence-electron chi connectivity index (χ2n) is 5.26. The van der Waals surface area contributed by atoms with Crippen molar-refractivity contribution in [2.24, 2.45) is 12.8 Å². The predicted molar refractivity (Wildman–Crippen MR) is 84.1 cm³/mol. The topological polar surface area (TPSA) is 53.1 Å². The molecule has 2 N–H and O–H groups in total. The highest BCUT2D eigenvalue weighted by Gasteiger charge is 2.12. The molecule has 0 fully saturated rings. The molecule has 21 heavy (non-hydrogen) atoms. The molecule has 0 radical (unpaired) electrons. The van der Waals surface area contributed by atoms with Gasteiger partial charge in [-0.2, -0.15) is 5.10 Å². The van der Waals surface area contributed by atoms with Gasteiger partial charge >= 0.3 is 0 Å². The fourth-order valence-corrected chi connectivity index (χ4v) is 2.47. The summed E-state index contributed by atoms with van der Waals surface area (Å²) in [6, 6.07) is 14.2. The summed E-state index contributed by atoms with van der Waals surface area (Å²) in [4.78, 5) is 0. The maximum absolute atomic E-state index is 6.08. The summed E-state index contributed by atoms with van der Waals surface area (Å²) in [5, 5.41) is 6.58. The zero-order chi connectivity index (χ0) is 14.8. The zero-order valence-electron chi connectivity index (χ0n) is 12.3. The number of hydrogen-bond acceptors (Lipinski definition) is 3. The van der Waals surface area contributed by atoms with Crippen LogP contribution in [0.2, 0.25) is 0 Å². The van der Waals surface area contributed by atoms with Crippen molar-refractivity contribution < 1.29 is 4.74 Å². The number of hydrogen-bond donors (Lipinski definition) is 1. The quantitative estimate of drug-likeness (QED) is 0.799. The molecule has 0 aliphatic carbocycles. The van der Waals surface area contributed by atoms with Crippen molar-refractivity contribution in [2.75, 3.05) is 0 Å². The van der Waals surface area contributed by atoms with E-state index in [1.54, 1.807) is 4.68 Å². The number of benzene rings is 2. The number of rotatable bonds is 4. The lowest BCUT2D eigenvalue weighted by molar-refractivity contribution is 0.299. The molecular formula is C17H19N3O. The van der Waals surface area contributed by atoms with Crippen LogP contribution in [-0.2, 0) is 13.7 Å². The van der Waals surface area contributed by atoms with Crippen LogP contribution in [-0.4, -0.2) is 9.78 Å². The molecule has 3 aromatic rings. The van der Waals surface area contributed by atoms with Gasteiger partial charge in [0.25, 0.3) is 0 Å². The van der Waals surface area contributed by atoms with Gasteiger partial charge in [0.15, 0.2) is 0 Å². The lowest BCUT2D eigenvalue weighted by atomic mass is 10.0. The predicted octanol–water partition coefficient (Wildman–Crippen LogP) is 3.17. The first kappa shape index (κ1) is 13.6. The SMILES string of the molecule is C[C@H](N)c1ccc2ccccc2c1OCc1ccn(C)n1. The van der Waals surface area contributed by atoms with Gasteiger partial charge in [-0.1, -0.05) is 36.4 Å². The average molecular weight is 281 g/mol. The highest BCUT2D eigenvalue weighted by molar-refractivity contribution is 5.89. The number of nitrogens with zero attached hydrogens (tertiary/aromatic N) is 2. The second kappa shape index (κ2) is 5.58. The van der Waals surface area contributed by atoms with E-state index in [4.69, 9.17) is 10.5 Å². The molecule has 0 saturated carbocycles. The maximum atomic E-state index is 6.08. The van der Waals surface area contributed by atoms with Gasteiger partial charge in [0, 0.05) is 30.2 Å². The molecule has 0 aliphatic rings. The van der Waals surface area contributed by atoms with Crippen molar-refractivity contribution in [1.29, 1.82) is 0 Å².